The average molecular weight is 403 g/mol. The number of imidazole rings is 1. The third-order valence-electron chi connectivity index (χ3n) is 4.19. The summed E-state index contributed by atoms with van der Waals surface area (Å²) >= 11 is 0. The summed E-state index contributed by atoms with van der Waals surface area (Å²) in [6.07, 6.45) is 0.576. The molecule has 1 aliphatic rings. The number of nitrogen functional groups attached to an aromatic ring is 1. The van der Waals surface area contributed by atoms with Crippen LogP contribution in [-0.2, 0) is 18.6 Å². The highest BCUT2D eigenvalue weighted by molar-refractivity contribution is 7.46. The number of hydrogen-bond donors (Lipinski definition) is 4. The van der Waals surface area contributed by atoms with E-state index in [1.165, 1.54) is 12.7 Å². The predicted molar refractivity (Wildman–Crippen MR) is 92.3 cm³/mol. The third-order valence-corrected chi connectivity index (χ3v) is 4.67. The van der Waals surface area contributed by atoms with Crippen molar-refractivity contribution in [1.82, 2.24) is 19.5 Å². The van der Waals surface area contributed by atoms with E-state index in [2.05, 4.69) is 19.5 Å². The molecular weight excluding hydrogens is 381 g/mol. The summed E-state index contributed by atoms with van der Waals surface area (Å²) in [5, 5.41) is 10.6. The fraction of sp³-hybridized carbons (Fsp3) is 0.643. The Morgan fingerprint density at radius 1 is 1.37 bits per heavy atom. The number of anilines is 1. The Bertz CT molecular complexity index is 827. The van der Waals surface area contributed by atoms with Gasteiger partial charge in [-0.2, -0.15) is 0 Å². The van der Waals surface area contributed by atoms with Crippen molar-refractivity contribution in [3.8, 4) is 0 Å². The minimum Gasteiger partial charge on any atom is -0.387 e. The highest BCUT2D eigenvalue weighted by Gasteiger charge is 2.46. The molecule has 2 aromatic heterocycles. The van der Waals surface area contributed by atoms with Gasteiger partial charge in [0.1, 0.15) is 30.2 Å². The van der Waals surface area contributed by atoms with Gasteiger partial charge in [-0.05, 0) is 6.42 Å². The van der Waals surface area contributed by atoms with Crippen molar-refractivity contribution < 1.29 is 33.5 Å². The molecule has 0 radical (unpaired) electrons. The minimum absolute atomic E-state index is 0.196. The van der Waals surface area contributed by atoms with Crippen molar-refractivity contribution in [3.05, 3.63) is 12.7 Å². The average Bonchev–Trinajstić information content (AvgIpc) is 3.16. The van der Waals surface area contributed by atoms with E-state index < -0.39 is 39.0 Å². The van der Waals surface area contributed by atoms with E-state index in [1.807, 2.05) is 6.92 Å². The van der Waals surface area contributed by atoms with Gasteiger partial charge in [-0.15, -0.1) is 0 Å². The first kappa shape index (κ1) is 20.1. The highest BCUT2D eigenvalue weighted by atomic mass is 31.2. The number of nitrogens with zero attached hydrogens (tertiary/aromatic N) is 4. The lowest BCUT2D eigenvalue weighted by Gasteiger charge is -2.22. The molecule has 1 aliphatic heterocycles. The Morgan fingerprint density at radius 3 is 2.85 bits per heavy atom. The lowest BCUT2D eigenvalue weighted by Crippen LogP contribution is -2.36. The van der Waals surface area contributed by atoms with Gasteiger partial charge in [0.2, 0.25) is 0 Å². The second-order valence-electron chi connectivity index (χ2n) is 6.11. The van der Waals surface area contributed by atoms with E-state index in [0.717, 1.165) is 12.8 Å². The van der Waals surface area contributed by atoms with Crippen LogP contribution in [-0.4, -0.2) is 65.9 Å². The van der Waals surface area contributed by atoms with Crippen LogP contribution < -0.4 is 5.73 Å². The molecule has 2 unspecified atom stereocenters. The van der Waals surface area contributed by atoms with Gasteiger partial charge in [0.25, 0.3) is 0 Å². The van der Waals surface area contributed by atoms with Gasteiger partial charge in [-0.1, -0.05) is 13.3 Å². The molecule has 0 aliphatic carbocycles. The molecule has 27 heavy (non-hydrogen) atoms. The summed E-state index contributed by atoms with van der Waals surface area (Å²) in [5.74, 6) is 0.196. The van der Waals surface area contributed by atoms with Gasteiger partial charge in [-0.25, -0.2) is 19.5 Å². The van der Waals surface area contributed by atoms with Crippen LogP contribution in [0, 0.1) is 0 Å². The summed E-state index contributed by atoms with van der Waals surface area (Å²) in [4.78, 5) is 30.0. The van der Waals surface area contributed by atoms with E-state index in [4.69, 9.17) is 25.0 Å². The molecule has 0 spiro atoms. The number of unbranched alkanes of at least 4 members (excludes halogenated alkanes) is 1. The number of fused-ring (bicyclic) bond motifs is 1. The Balaban J connectivity index is 1.87. The quantitative estimate of drug-likeness (QED) is 0.344. The molecule has 0 aromatic carbocycles. The smallest absolute Gasteiger partial charge is 0.387 e. The SMILES string of the molecule is CCCCOC1C(O)[C@@H](COP(=O)(O)O)O[C@H]1n1cnc2c(N)ncnc21. The number of aliphatic hydroxyl groups is 1. The number of hydrogen-bond acceptors (Lipinski definition) is 9. The molecule has 3 rings (SSSR count). The second kappa shape index (κ2) is 8.15. The molecular formula is C14H22N5O7P. The molecule has 3 heterocycles. The zero-order valence-electron chi connectivity index (χ0n) is 14.6. The summed E-state index contributed by atoms with van der Waals surface area (Å²) in [5.41, 5.74) is 6.56. The van der Waals surface area contributed by atoms with Gasteiger partial charge >= 0.3 is 7.82 Å². The summed E-state index contributed by atoms with van der Waals surface area (Å²) in [7, 11) is -4.70. The van der Waals surface area contributed by atoms with Crippen LogP contribution in [0.2, 0.25) is 0 Å². The lowest BCUT2D eigenvalue weighted by atomic mass is 10.1. The van der Waals surface area contributed by atoms with Gasteiger partial charge in [0.15, 0.2) is 17.7 Å². The summed E-state index contributed by atoms with van der Waals surface area (Å²) < 4.78 is 28.6. The van der Waals surface area contributed by atoms with Crippen LogP contribution in [0.5, 0.6) is 0 Å². The maximum atomic E-state index is 11.0. The Kier molecular flexibility index (Phi) is 6.06. The maximum absolute atomic E-state index is 11.0. The third kappa shape index (κ3) is 4.43. The molecule has 1 fully saturated rings. The number of nitrogens with two attached hydrogens (primary N) is 1. The zero-order chi connectivity index (χ0) is 19.6. The van der Waals surface area contributed by atoms with Crippen LogP contribution in [0.15, 0.2) is 12.7 Å². The van der Waals surface area contributed by atoms with Crippen molar-refractivity contribution in [2.45, 2.75) is 44.3 Å². The number of phosphoric ester groups is 1. The summed E-state index contributed by atoms with van der Waals surface area (Å²) in [6, 6.07) is 0. The first-order valence-electron chi connectivity index (χ1n) is 8.40. The van der Waals surface area contributed by atoms with E-state index in [0.29, 0.717) is 17.8 Å². The molecule has 4 atom stereocenters. The topological polar surface area (TPSA) is 175 Å². The Labute approximate surface area is 154 Å². The second-order valence-corrected chi connectivity index (χ2v) is 7.35. The number of phosphoric acid groups is 1. The molecule has 2 aromatic rings. The standard InChI is InChI=1S/C14H22N5O7P/c1-2-3-4-24-11-10(20)8(5-25-27(21,22)23)26-14(11)19-7-18-9-12(15)16-6-17-13(9)19/h6-8,10-11,14,20H,2-5H2,1H3,(H2,15,16,17)(H2,21,22,23)/t8-,10?,11?,14-/m1/s1. The predicted octanol–water partition coefficient (Wildman–Crippen LogP) is -0.0386. The Hall–Kier alpha value is -1.66. The lowest BCUT2D eigenvalue weighted by molar-refractivity contribution is -0.0706. The fourth-order valence-corrected chi connectivity index (χ4v) is 3.19. The van der Waals surface area contributed by atoms with E-state index in [-0.39, 0.29) is 5.82 Å². The highest BCUT2D eigenvalue weighted by Crippen LogP contribution is 2.39. The van der Waals surface area contributed by atoms with Gasteiger partial charge in [-0.3, -0.25) is 9.09 Å². The molecule has 0 saturated carbocycles. The van der Waals surface area contributed by atoms with Crippen LogP contribution >= 0.6 is 7.82 Å². The molecule has 0 bridgehead atoms. The Morgan fingerprint density at radius 2 is 2.15 bits per heavy atom. The monoisotopic (exact) mass is 403 g/mol. The van der Waals surface area contributed by atoms with Crippen molar-refractivity contribution in [1.29, 1.82) is 0 Å². The fourth-order valence-electron chi connectivity index (χ4n) is 2.85. The number of ether oxygens (including phenoxy) is 2. The van der Waals surface area contributed by atoms with Crippen molar-refractivity contribution in [2.75, 3.05) is 18.9 Å². The van der Waals surface area contributed by atoms with E-state index >= 15 is 0 Å². The number of aromatic nitrogens is 4. The van der Waals surface area contributed by atoms with Crippen molar-refractivity contribution >= 4 is 24.8 Å². The van der Waals surface area contributed by atoms with Crippen molar-refractivity contribution in [2.24, 2.45) is 0 Å². The van der Waals surface area contributed by atoms with Gasteiger partial charge in [0, 0.05) is 6.61 Å². The normalized spacial score (nSPS) is 26.1. The molecule has 0 amide bonds. The zero-order valence-corrected chi connectivity index (χ0v) is 15.5. The molecule has 12 nitrogen and oxygen atoms in total. The molecule has 1 saturated heterocycles. The van der Waals surface area contributed by atoms with E-state index in [9.17, 15) is 9.67 Å². The first-order valence-corrected chi connectivity index (χ1v) is 9.93. The largest absolute Gasteiger partial charge is 0.469 e. The van der Waals surface area contributed by atoms with Crippen LogP contribution in [0.25, 0.3) is 11.2 Å². The van der Waals surface area contributed by atoms with Gasteiger partial charge in [0.05, 0.1) is 12.9 Å². The maximum Gasteiger partial charge on any atom is 0.469 e. The number of aliphatic hydroxyl groups excluding tert-OH is 1. The van der Waals surface area contributed by atoms with Crippen LogP contribution in [0.4, 0.5) is 5.82 Å². The minimum atomic E-state index is -4.70. The number of rotatable bonds is 8. The van der Waals surface area contributed by atoms with Crippen LogP contribution in [0.1, 0.15) is 26.0 Å². The molecule has 5 N–H and O–H groups in total. The summed E-state index contributed by atoms with van der Waals surface area (Å²) in [6.45, 7) is 1.88. The van der Waals surface area contributed by atoms with Crippen LogP contribution in [0.3, 0.4) is 0 Å². The van der Waals surface area contributed by atoms with Gasteiger partial charge < -0.3 is 30.1 Å². The molecule has 150 valence electrons. The first-order chi connectivity index (χ1) is 12.8. The molecule has 13 heteroatoms. The van der Waals surface area contributed by atoms with E-state index in [1.54, 1.807) is 4.57 Å². The van der Waals surface area contributed by atoms with Crippen molar-refractivity contribution in [3.63, 3.8) is 0 Å².